The number of aryl methyl sites for hydroxylation is 2. The molecule has 0 aliphatic carbocycles. The molecular formula is C13H21NO5S. The minimum atomic E-state index is -3.87. The van der Waals surface area contributed by atoms with E-state index in [2.05, 4.69) is 0 Å². The summed E-state index contributed by atoms with van der Waals surface area (Å²) in [5.41, 5.74) is -0.279. The molecule has 1 unspecified atom stereocenters. The van der Waals surface area contributed by atoms with Crippen LogP contribution in [0.2, 0.25) is 0 Å². The zero-order valence-electron chi connectivity index (χ0n) is 12.4. The minimum absolute atomic E-state index is 0.102. The van der Waals surface area contributed by atoms with Crippen LogP contribution in [0.15, 0.2) is 9.31 Å². The second-order valence-electron chi connectivity index (χ2n) is 5.02. The van der Waals surface area contributed by atoms with E-state index in [0.29, 0.717) is 6.54 Å². The third-order valence-electron chi connectivity index (χ3n) is 3.35. The van der Waals surface area contributed by atoms with Gasteiger partial charge in [0.2, 0.25) is 10.0 Å². The van der Waals surface area contributed by atoms with Gasteiger partial charge in [-0.05, 0) is 19.8 Å². The summed E-state index contributed by atoms with van der Waals surface area (Å²) >= 11 is 0. The van der Waals surface area contributed by atoms with E-state index in [1.54, 1.807) is 0 Å². The quantitative estimate of drug-likeness (QED) is 0.871. The lowest BCUT2D eigenvalue weighted by molar-refractivity contribution is 0.0691. The predicted molar refractivity (Wildman–Crippen MR) is 74.4 cm³/mol. The first-order chi connectivity index (χ1) is 9.12. The first kappa shape index (κ1) is 16.7. The Morgan fingerprint density at radius 2 is 1.90 bits per heavy atom. The van der Waals surface area contributed by atoms with Crippen LogP contribution in [0.3, 0.4) is 0 Å². The molecule has 0 saturated heterocycles. The van der Waals surface area contributed by atoms with Crippen molar-refractivity contribution in [3.05, 3.63) is 17.1 Å². The van der Waals surface area contributed by atoms with Crippen LogP contribution in [-0.2, 0) is 10.0 Å². The van der Waals surface area contributed by atoms with Crippen molar-refractivity contribution in [2.24, 2.45) is 5.92 Å². The highest BCUT2D eigenvalue weighted by Crippen LogP contribution is 2.29. The fourth-order valence-electron chi connectivity index (χ4n) is 2.04. The van der Waals surface area contributed by atoms with Crippen LogP contribution in [0.25, 0.3) is 0 Å². The maximum absolute atomic E-state index is 12.5. The summed E-state index contributed by atoms with van der Waals surface area (Å²) in [7, 11) is -2.42. The first-order valence-corrected chi connectivity index (χ1v) is 7.86. The molecule has 0 aliphatic heterocycles. The van der Waals surface area contributed by atoms with Gasteiger partial charge < -0.3 is 9.52 Å². The number of sulfonamides is 1. The monoisotopic (exact) mass is 303 g/mol. The maximum atomic E-state index is 12.5. The summed E-state index contributed by atoms with van der Waals surface area (Å²) in [6.07, 6.45) is 0.842. The van der Waals surface area contributed by atoms with Crippen LogP contribution in [0.1, 0.15) is 42.1 Å². The highest BCUT2D eigenvalue weighted by molar-refractivity contribution is 7.89. The van der Waals surface area contributed by atoms with Crippen molar-refractivity contribution in [3.63, 3.8) is 0 Å². The van der Waals surface area contributed by atoms with Crippen molar-refractivity contribution in [2.75, 3.05) is 13.6 Å². The molecule has 20 heavy (non-hydrogen) atoms. The third kappa shape index (κ3) is 3.04. The average Bonchev–Trinajstić information content (AvgIpc) is 2.64. The van der Waals surface area contributed by atoms with Gasteiger partial charge in [-0.1, -0.05) is 20.3 Å². The van der Waals surface area contributed by atoms with Crippen molar-refractivity contribution in [1.29, 1.82) is 0 Å². The van der Waals surface area contributed by atoms with Gasteiger partial charge in [0.1, 0.15) is 22.0 Å². The van der Waals surface area contributed by atoms with Crippen LogP contribution < -0.4 is 0 Å². The van der Waals surface area contributed by atoms with Gasteiger partial charge in [-0.3, -0.25) is 0 Å². The van der Waals surface area contributed by atoms with Gasteiger partial charge in [0.25, 0.3) is 0 Å². The summed E-state index contributed by atoms with van der Waals surface area (Å²) in [6.45, 7) is 7.16. The Hall–Kier alpha value is -1.34. The van der Waals surface area contributed by atoms with Gasteiger partial charge in [-0.15, -0.1) is 0 Å². The fourth-order valence-corrected chi connectivity index (χ4v) is 3.70. The van der Waals surface area contributed by atoms with Gasteiger partial charge in [0.05, 0.1) is 0 Å². The highest BCUT2D eigenvalue weighted by atomic mass is 32.2. The molecule has 1 atom stereocenters. The van der Waals surface area contributed by atoms with E-state index in [9.17, 15) is 18.3 Å². The molecule has 0 bridgehead atoms. The molecule has 0 spiro atoms. The molecule has 6 nitrogen and oxygen atoms in total. The molecule has 1 heterocycles. The van der Waals surface area contributed by atoms with Crippen molar-refractivity contribution in [3.8, 4) is 0 Å². The minimum Gasteiger partial charge on any atom is -0.478 e. The van der Waals surface area contributed by atoms with Gasteiger partial charge in [0.15, 0.2) is 0 Å². The maximum Gasteiger partial charge on any atom is 0.340 e. The zero-order valence-corrected chi connectivity index (χ0v) is 13.2. The summed E-state index contributed by atoms with van der Waals surface area (Å²) < 4.78 is 31.5. The number of aromatic carboxylic acids is 1. The van der Waals surface area contributed by atoms with Gasteiger partial charge in [-0.25, -0.2) is 17.5 Å². The molecule has 0 aliphatic rings. The highest BCUT2D eigenvalue weighted by Gasteiger charge is 2.33. The molecule has 1 rings (SSSR count). The molecule has 1 N–H and O–H groups in total. The number of nitrogens with zero attached hydrogens (tertiary/aromatic N) is 1. The SMILES string of the molecule is CCC(C)CN(C)S(=O)(=O)c1c(C)oc(C)c1C(=O)O. The Morgan fingerprint density at radius 1 is 1.35 bits per heavy atom. The molecule has 0 amide bonds. The summed E-state index contributed by atoms with van der Waals surface area (Å²) in [6, 6.07) is 0. The van der Waals surface area contributed by atoms with Crippen molar-refractivity contribution in [1.82, 2.24) is 4.31 Å². The van der Waals surface area contributed by atoms with E-state index in [1.807, 2.05) is 13.8 Å². The van der Waals surface area contributed by atoms with Crippen molar-refractivity contribution in [2.45, 2.75) is 39.0 Å². The topological polar surface area (TPSA) is 87.8 Å². The average molecular weight is 303 g/mol. The molecule has 114 valence electrons. The van der Waals surface area contributed by atoms with E-state index in [-0.39, 0.29) is 27.9 Å². The lowest BCUT2D eigenvalue weighted by atomic mass is 10.1. The molecule has 0 fully saturated rings. The standard InChI is InChI=1S/C13H21NO5S/c1-6-8(2)7-14(5)20(17,18)12-10(4)19-9(3)11(12)13(15)16/h8H,6-7H2,1-5H3,(H,15,16). The van der Waals surface area contributed by atoms with Crippen LogP contribution in [0, 0.1) is 19.8 Å². The van der Waals surface area contributed by atoms with E-state index < -0.39 is 16.0 Å². The van der Waals surface area contributed by atoms with E-state index in [4.69, 9.17) is 4.42 Å². The molecule has 0 radical (unpaired) electrons. The first-order valence-electron chi connectivity index (χ1n) is 6.42. The lowest BCUT2D eigenvalue weighted by Gasteiger charge is -2.20. The van der Waals surface area contributed by atoms with Gasteiger partial charge >= 0.3 is 5.97 Å². The number of furan rings is 1. The second-order valence-corrected chi connectivity index (χ2v) is 7.00. The molecule has 1 aromatic heterocycles. The summed E-state index contributed by atoms with van der Waals surface area (Å²) in [5.74, 6) is -0.896. The number of carboxylic acids is 1. The Balaban J connectivity index is 3.32. The summed E-state index contributed by atoms with van der Waals surface area (Å²) in [4.78, 5) is 11.0. The van der Waals surface area contributed by atoms with Gasteiger partial charge in [-0.2, -0.15) is 0 Å². The van der Waals surface area contributed by atoms with Gasteiger partial charge in [0, 0.05) is 13.6 Å². The number of carboxylic acid groups (broad SMARTS) is 1. The number of carbonyl (C=O) groups is 1. The molecule has 1 aromatic rings. The Bertz CT molecular complexity index is 603. The second kappa shape index (κ2) is 5.97. The van der Waals surface area contributed by atoms with Crippen LogP contribution in [0.4, 0.5) is 0 Å². The van der Waals surface area contributed by atoms with Crippen LogP contribution >= 0.6 is 0 Å². The lowest BCUT2D eigenvalue weighted by Crippen LogP contribution is -2.32. The van der Waals surface area contributed by atoms with E-state index in [1.165, 1.54) is 25.2 Å². The summed E-state index contributed by atoms with van der Waals surface area (Å²) in [5, 5.41) is 9.19. The number of hydrogen-bond acceptors (Lipinski definition) is 4. The van der Waals surface area contributed by atoms with E-state index in [0.717, 1.165) is 6.42 Å². The Kier molecular flexibility index (Phi) is 4.99. The van der Waals surface area contributed by atoms with Crippen LogP contribution in [0.5, 0.6) is 0 Å². The Morgan fingerprint density at radius 3 is 2.35 bits per heavy atom. The van der Waals surface area contributed by atoms with Crippen molar-refractivity contribution >= 4 is 16.0 Å². The van der Waals surface area contributed by atoms with Crippen molar-refractivity contribution < 1.29 is 22.7 Å². The largest absolute Gasteiger partial charge is 0.478 e. The zero-order chi connectivity index (χ0) is 15.7. The number of hydrogen-bond donors (Lipinski definition) is 1. The molecule has 0 saturated carbocycles. The predicted octanol–water partition coefficient (Wildman–Crippen LogP) is 2.26. The molecule has 0 aromatic carbocycles. The molecule has 7 heteroatoms. The molecular weight excluding hydrogens is 282 g/mol. The van der Waals surface area contributed by atoms with Crippen LogP contribution in [-0.4, -0.2) is 37.4 Å². The Labute approximate surface area is 119 Å². The van der Waals surface area contributed by atoms with E-state index >= 15 is 0 Å². The smallest absolute Gasteiger partial charge is 0.340 e. The number of rotatable bonds is 6. The normalized spacial score (nSPS) is 13.7. The fraction of sp³-hybridized carbons (Fsp3) is 0.615. The third-order valence-corrected chi connectivity index (χ3v) is 5.33.